The van der Waals surface area contributed by atoms with Crippen molar-refractivity contribution in [1.82, 2.24) is 24.3 Å². The molecule has 3 rings (SSSR count). The lowest BCUT2D eigenvalue weighted by Crippen LogP contribution is -2.35. The van der Waals surface area contributed by atoms with Crippen LogP contribution in [0.25, 0.3) is 0 Å². The highest BCUT2D eigenvalue weighted by Crippen LogP contribution is 2.22. The van der Waals surface area contributed by atoms with Gasteiger partial charge in [-0.2, -0.15) is 9.29 Å². The number of rotatable bonds is 5. The van der Waals surface area contributed by atoms with Gasteiger partial charge in [0.25, 0.3) is 5.91 Å². The zero-order chi connectivity index (χ0) is 18.0. The summed E-state index contributed by atoms with van der Waals surface area (Å²) in [5.41, 5.74) is 0.256. The molecule has 10 heteroatoms. The van der Waals surface area contributed by atoms with Crippen molar-refractivity contribution in [3.63, 3.8) is 0 Å². The first-order valence-corrected chi connectivity index (χ1v) is 9.56. The SMILES string of the molecule is Cc1noc(CNC(=O)c2cc(S(=O)(=O)N3CCCCC3)cn2C)n1. The van der Waals surface area contributed by atoms with Gasteiger partial charge >= 0.3 is 0 Å². The topological polar surface area (TPSA) is 110 Å². The van der Waals surface area contributed by atoms with Crippen molar-refractivity contribution >= 4 is 15.9 Å². The molecule has 0 aliphatic carbocycles. The molecular formula is C15H21N5O4S. The van der Waals surface area contributed by atoms with Crippen LogP contribution >= 0.6 is 0 Å². The molecule has 1 aliphatic rings. The van der Waals surface area contributed by atoms with Gasteiger partial charge in [0.05, 0.1) is 6.54 Å². The third kappa shape index (κ3) is 3.74. The van der Waals surface area contributed by atoms with Crippen LogP contribution in [0.2, 0.25) is 0 Å². The number of nitrogens with one attached hydrogen (secondary N) is 1. The van der Waals surface area contributed by atoms with Gasteiger partial charge in [0.15, 0.2) is 5.82 Å². The van der Waals surface area contributed by atoms with Gasteiger partial charge in [-0.15, -0.1) is 0 Å². The van der Waals surface area contributed by atoms with E-state index in [2.05, 4.69) is 15.5 Å². The number of carbonyl (C=O) groups is 1. The Morgan fingerprint density at radius 2 is 2.04 bits per heavy atom. The van der Waals surface area contributed by atoms with Crippen LogP contribution in [-0.4, -0.2) is 46.4 Å². The minimum atomic E-state index is -3.57. The van der Waals surface area contributed by atoms with Crippen molar-refractivity contribution < 1.29 is 17.7 Å². The summed E-state index contributed by atoms with van der Waals surface area (Å²) >= 11 is 0. The number of aromatic nitrogens is 3. The maximum absolute atomic E-state index is 12.7. The third-order valence-electron chi connectivity index (χ3n) is 4.14. The molecule has 0 unspecified atom stereocenters. The van der Waals surface area contributed by atoms with Gasteiger partial charge in [0.1, 0.15) is 10.6 Å². The molecule has 1 amide bonds. The summed E-state index contributed by atoms with van der Waals surface area (Å²) in [5.74, 6) is 0.373. The molecule has 0 aromatic carbocycles. The highest BCUT2D eigenvalue weighted by atomic mass is 32.2. The molecular weight excluding hydrogens is 346 g/mol. The number of aryl methyl sites for hydroxylation is 2. The molecule has 1 fully saturated rings. The zero-order valence-corrected chi connectivity index (χ0v) is 15.0. The molecule has 2 aromatic rings. The Labute approximate surface area is 146 Å². The standard InChI is InChI=1S/C15H21N5O4S/c1-11-17-14(24-18-11)9-16-15(21)13-8-12(10-19(13)2)25(22,23)20-6-4-3-5-7-20/h8,10H,3-7,9H2,1-2H3,(H,16,21). The molecule has 1 N–H and O–H groups in total. The first kappa shape index (κ1) is 17.6. The van der Waals surface area contributed by atoms with E-state index in [4.69, 9.17) is 4.52 Å². The van der Waals surface area contributed by atoms with Crippen LogP contribution in [-0.2, 0) is 23.6 Å². The average Bonchev–Trinajstić information content (AvgIpc) is 3.19. The van der Waals surface area contributed by atoms with Crippen LogP contribution in [0.1, 0.15) is 41.5 Å². The number of carbonyl (C=O) groups excluding carboxylic acids is 1. The number of nitrogens with zero attached hydrogens (tertiary/aromatic N) is 4. The van der Waals surface area contributed by atoms with Gasteiger partial charge < -0.3 is 14.4 Å². The molecule has 0 saturated carbocycles. The van der Waals surface area contributed by atoms with E-state index in [1.807, 2.05) is 0 Å². The van der Waals surface area contributed by atoms with Crippen LogP contribution in [0.15, 0.2) is 21.7 Å². The van der Waals surface area contributed by atoms with Crippen molar-refractivity contribution in [2.45, 2.75) is 37.6 Å². The minimum absolute atomic E-state index is 0.0824. The summed E-state index contributed by atoms with van der Waals surface area (Å²) < 4.78 is 33.3. The Bertz CT molecular complexity index is 864. The summed E-state index contributed by atoms with van der Waals surface area (Å²) in [6, 6.07) is 1.40. The second-order valence-electron chi connectivity index (χ2n) is 6.05. The number of amides is 1. The second kappa shape index (κ2) is 6.96. The molecule has 0 bridgehead atoms. The van der Waals surface area contributed by atoms with Gasteiger partial charge in [-0.1, -0.05) is 11.6 Å². The largest absolute Gasteiger partial charge is 0.345 e. The lowest BCUT2D eigenvalue weighted by Gasteiger charge is -2.25. The molecule has 1 aliphatic heterocycles. The Morgan fingerprint density at radius 3 is 2.68 bits per heavy atom. The van der Waals surface area contributed by atoms with E-state index < -0.39 is 15.9 Å². The molecule has 0 atom stereocenters. The van der Waals surface area contributed by atoms with Crippen LogP contribution < -0.4 is 5.32 Å². The summed E-state index contributed by atoms with van der Waals surface area (Å²) in [7, 11) is -1.93. The van der Waals surface area contributed by atoms with E-state index in [1.165, 1.54) is 21.1 Å². The quantitative estimate of drug-likeness (QED) is 0.838. The Morgan fingerprint density at radius 1 is 1.32 bits per heavy atom. The van der Waals surface area contributed by atoms with Gasteiger partial charge in [-0.25, -0.2) is 8.42 Å². The minimum Gasteiger partial charge on any atom is -0.345 e. The molecule has 25 heavy (non-hydrogen) atoms. The average molecular weight is 367 g/mol. The molecule has 136 valence electrons. The van der Waals surface area contributed by atoms with E-state index >= 15 is 0 Å². The van der Waals surface area contributed by atoms with Crippen molar-refractivity contribution in [3.8, 4) is 0 Å². The van der Waals surface area contributed by atoms with E-state index in [0.29, 0.717) is 24.8 Å². The van der Waals surface area contributed by atoms with Gasteiger partial charge in [-0.3, -0.25) is 4.79 Å². The summed E-state index contributed by atoms with van der Waals surface area (Å²) in [4.78, 5) is 16.5. The number of hydrogen-bond acceptors (Lipinski definition) is 6. The second-order valence-corrected chi connectivity index (χ2v) is 7.99. The lowest BCUT2D eigenvalue weighted by molar-refractivity contribution is 0.0938. The fourth-order valence-corrected chi connectivity index (χ4v) is 4.40. The Kier molecular flexibility index (Phi) is 4.91. The van der Waals surface area contributed by atoms with Gasteiger partial charge in [0, 0.05) is 26.3 Å². The first-order chi connectivity index (χ1) is 11.9. The maximum atomic E-state index is 12.7. The third-order valence-corrected chi connectivity index (χ3v) is 6.00. The van der Waals surface area contributed by atoms with Crippen molar-refractivity contribution in [1.29, 1.82) is 0 Å². The van der Waals surface area contributed by atoms with E-state index in [1.54, 1.807) is 14.0 Å². The van der Waals surface area contributed by atoms with Crippen molar-refractivity contribution in [2.75, 3.05) is 13.1 Å². The van der Waals surface area contributed by atoms with E-state index in [9.17, 15) is 13.2 Å². The maximum Gasteiger partial charge on any atom is 0.268 e. The molecule has 1 saturated heterocycles. The lowest BCUT2D eigenvalue weighted by atomic mass is 10.2. The predicted molar refractivity (Wildman–Crippen MR) is 88.2 cm³/mol. The number of hydrogen-bond donors (Lipinski definition) is 1. The summed E-state index contributed by atoms with van der Waals surface area (Å²) in [5, 5.41) is 6.29. The first-order valence-electron chi connectivity index (χ1n) is 8.12. The summed E-state index contributed by atoms with van der Waals surface area (Å²) in [6.45, 7) is 2.81. The van der Waals surface area contributed by atoms with Crippen molar-refractivity contribution in [2.24, 2.45) is 7.05 Å². The number of piperidine rings is 1. The van der Waals surface area contributed by atoms with Gasteiger partial charge in [-0.05, 0) is 25.8 Å². The molecule has 2 aromatic heterocycles. The highest BCUT2D eigenvalue weighted by molar-refractivity contribution is 7.89. The van der Waals surface area contributed by atoms with Crippen LogP contribution in [0.3, 0.4) is 0 Å². The van der Waals surface area contributed by atoms with E-state index in [0.717, 1.165) is 19.3 Å². The van der Waals surface area contributed by atoms with Crippen LogP contribution in [0.4, 0.5) is 0 Å². The number of sulfonamides is 1. The molecule has 0 spiro atoms. The fraction of sp³-hybridized carbons (Fsp3) is 0.533. The molecule has 3 heterocycles. The Hall–Kier alpha value is -2.20. The van der Waals surface area contributed by atoms with Crippen molar-refractivity contribution in [3.05, 3.63) is 29.7 Å². The summed E-state index contributed by atoms with van der Waals surface area (Å²) in [6.07, 6.45) is 4.24. The smallest absolute Gasteiger partial charge is 0.268 e. The zero-order valence-electron chi connectivity index (χ0n) is 14.2. The molecule has 9 nitrogen and oxygen atoms in total. The predicted octanol–water partition coefficient (Wildman–Crippen LogP) is 0.821. The van der Waals surface area contributed by atoms with E-state index in [-0.39, 0.29) is 17.1 Å². The monoisotopic (exact) mass is 367 g/mol. The Balaban J connectivity index is 1.73. The molecule has 0 radical (unpaired) electrons. The normalized spacial score (nSPS) is 16.1. The van der Waals surface area contributed by atoms with Gasteiger partial charge in [0.2, 0.25) is 15.9 Å². The van der Waals surface area contributed by atoms with Crippen LogP contribution in [0, 0.1) is 6.92 Å². The fourth-order valence-electron chi connectivity index (χ4n) is 2.81. The van der Waals surface area contributed by atoms with Crippen LogP contribution in [0.5, 0.6) is 0 Å². The highest BCUT2D eigenvalue weighted by Gasteiger charge is 2.28.